The summed E-state index contributed by atoms with van der Waals surface area (Å²) in [4.78, 5) is 12.7. The lowest BCUT2D eigenvalue weighted by atomic mass is 10.2. The number of carbonyl (C=O) groups is 1. The number of tetrazole rings is 1. The zero-order chi connectivity index (χ0) is 15.1. The van der Waals surface area contributed by atoms with E-state index in [4.69, 9.17) is 10.5 Å². The second kappa shape index (κ2) is 7.81. The molecule has 0 radical (unpaired) electrons. The van der Waals surface area contributed by atoms with Crippen LogP contribution in [0.2, 0.25) is 0 Å². The van der Waals surface area contributed by atoms with Crippen LogP contribution in [0.5, 0.6) is 0 Å². The molecule has 2 aromatic heterocycles. The van der Waals surface area contributed by atoms with Gasteiger partial charge >= 0.3 is 5.97 Å². The van der Waals surface area contributed by atoms with Crippen LogP contribution in [-0.2, 0) is 16.1 Å². The summed E-state index contributed by atoms with van der Waals surface area (Å²) in [5.74, 6) is 0.203. The van der Waals surface area contributed by atoms with Gasteiger partial charge in [0.2, 0.25) is 0 Å². The highest BCUT2D eigenvalue weighted by Gasteiger charge is 2.22. The highest BCUT2D eigenvalue weighted by Crippen LogP contribution is 2.24. The maximum atomic E-state index is 11.6. The molecule has 0 aromatic carbocycles. The summed E-state index contributed by atoms with van der Waals surface area (Å²) in [6.45, 7) is 3.20. The molecule has 0 saturated carbocycles. The predicted octanol–water partition coefficient (Wildman–Crippen LogP) is -0.0646. The predicted molar refractivity (Wildman–Crippen MR) is 77.7 cm³/mol. The Kier molecular flexibility index (Phi) is 5.78. The molecule has 114 valence electrons. The summed E-state index contributed by atoms with van der Waals surface area (Å²) in [5, 5.41) is 16.8. The van der Waals surface area contributed by atoms with E-state index < -0.39 is 0 Å². The minimum Gasteiger partial charge on any atom is -0.465 e. The summed E-state index contributed by atoms with van der Waals surface area (Å²) < 4.78 is 6.38. The molecule has 0 bridgehead atoms. The van der Waals surface area contributed by atoms with Gasteiger partial charge in [0.1, 0.15) is 12.6 Å². The van der Waals surface area contributed by atoms with Crippen molar-refractivity contribution in [3.63, 3.8) is 0 Å². The second-order valence-corrected chi connectivity index (χ2v) is 5.17. The van der Waals surface area contributed by atoms with Gasteiger partial charge < -0.3 is 15.8 Å². The van der Waals surface area contributed by atoms with Gasteiger partial charge in [0.05, 0.1) is 6.61 Å². The Balaban J connectivity index is 2.20. The highest BCUT2D eigenvalue weighted by molar-refractivity contribution is 7.10. The summed E-state index contributed by atoms with van der Waals surface area (Å²) in [5.41, 5.74) is 5.55. The quantitative estimate of drug-likeness (QED) is 0.657. The molecule has 8 nitrogen and oxygen atoms in total. The van der Waals surface area contributed by atoms with Crippen molar-refractivity contribution in [2.24, 2.45) is 5.73 Å². The van der Waals surface area contributed by atoms with Gasteiger partial charge in [0.15, 0.2) is 5.82 Å². The summed E-state index contributed by atoms with van der Waals surface area (Å²) >= 11 is 1.59. The fourth-order valence-corrected chi connectivity index (χ4v) is 2.66. The van der Waals surface area contributed by atoms with E-state index in [2.05, 4.69) is 20.8 Å². The first-order valence-corrected chi connectivity index (χ1v) is 7.52. The monoisotopic (exact) mass is 310 g/mol. The zero-order valence-corrected chi connectivity index (χ0v) is 12.5. The number of nitrogens with one attached hydrogen (secondary N) is 1. The van der Waals surface area contributed by atoms with Gasteiger partial charge in [-0.1, -0.05) is 6.07 Å². The van der Waals surface area contributed by atoms with Gasteiger partial charge in [0, 0.05) is 18.0 Å². The van der Waals surface area contributed by atoms with E-state index in [0.29, 0.717) is 25.5 Å². The molecular weight excluding hydrogens is 292 g/mol. The molecule has 0 aliphatic heterocycles. The average molecular weight is 310 g/mol. The van der Waals surface area contributed by atoms with Crippen LogP contribution in [0, 0.1) is 0 Å². The smallest absolute Gasteiger partial charge is 0.327 e. The van der Waals surface area contributed by atoms with Crippen LogP contribution >= 0.6 is 11.3 Å². The molecule has 0 aliphatic rings. The molecule has 0 amide bonds. The normalized spacial score (nSPS) is 12.3. The number of thiophene rings is 1. The average Bonchev–Trinajstić information content (AvgIpc) is 3.12. The molecule has 0 saturated heterocycles. The van der Waals surface area contributed by atoms with Crippen molar-refractivity contribution in [2.75, 3.05) is 19.7 Å². The SMILES string of the molecule is CCOC(=O)Cn1nnnc1C(NCCN)c1cccs1. The summed E-state index contributed by atoms with van der Waals surface area (Å²) in [6, 6.07) is 3.75. The largest absolute Gasteiger partial charge is 0.465 e. The van der Waals surface area contributed by atoms with Crippen LogP contribution in [0.3, 0.4) is 0 Å². The lowest BCUT2D eigenvalue weighted by Crippen LogP contribution is -2.30. The Labute approximate surface area is 126 Å². The molecule has 0 aliphatic carbocycles. The van der Waals surface area contributed by atoms with Crippen molar-refractivity contribution in [1.29, 1.82) is 0 Å². The van der Waals surface area contributed by atoms with Crippen molar-refractivity contribution in [2.45, 2.75) is 19.5 Å². The zero-order valence-electron chi connectivity index (χ0n) is 11.7. The fraction of sp³-hybridized carbons (Fsp3) is 0.500. The number of hydrogen-bond donors (Lipinski definition) is 2. The Morgan fingerprint density at radius 2 is 2.48 bits per heavy atom. The molecule has 1 atom stereocenters. The number of hydrogen-bond acceptors (Lipinski definition) is 8. The first-order chi connectivity index (χ1) is 10.3. The lowest BCUT2D eigenvalue weighted by Gasteiger charge is -2.16. The molecule has 21 heavy (non-hydrogen) atoms. The van der Waals surface area contributed by atoms with E-state index in [1.165, 1.54) is 4.68 Å². The van der Waals surface area contributed by atoms with Crippen molar-refractivity contribution in [1.82, 2.24) is 25.5 Å². The first-order valence-electron chi connectivity index (χ1n) is 6.64. The molecule has 2 heterocycles. The molecule has 2 rings (SSSR count). The van der Waals surface area contributed by atoms with Crippen LogP contribution in [-0.4, -0.2) is 45.9 Å². The Morgan fingerprint density at radius 3 is 3.14 bits per heavy atom. The number of rotatable bonds is 8. The molecule has 2 aromatic rings. The number of esters is 1. The van der Waals surface area contributed by atoms with Crippen LogP contribution in [0.4, 0.5) is 0 Å². The van der Waals surface area contributed by atoms with E-state index in [1.807, 2.05) is 17.5 Å². The van der Waals surface area contributed by atoms with Gasteiger partial charge in [0.25, 0.3) is 0 Å². The van der Waals surface area contributed by atoms with E-state index in [-0.39, 0.29) is 18.6 Å². The topological polar surface area (TPSA) is 108 Å². The standard InChI is InChI=1S/C12H18N6O2S/c1-2-20-10(19)8-18-12(15-16-17-18)11(14-6-5-13)9-4-3-7-21-9/h3-4,7,11,14H,2,5-6,8,13H2,1H3. The minimum atomic E-state index is -0.366. The number of nitrogens with two attached hydrogens (primary N) is 1. The maximum absolute atomic E-state index is 11.6. The Bertz CT molecular complexity index is 556. The van der Waals surface area contributed by atoms with Gasteiger partial charge in [-0.2, -0.15) is 0 Å². The Morgan fingerprint density at radius 1 is 1.62 bits per heavy atom. The van der Waals surface area contributed by atoms with Crippen molar-refractivity contribution in [3.05, 3.63) is 28.2 Å². The van der Waals surface area contributed by atoms with Gasteiger partial charge in [-0.3, -0.25) is 4.79 Å². The van der Waals surface area contributed by atoms with Crippen LogP contribution in [0.1, 0.15) is 23.7 Å². The third-order valence-electron chi connectivity index (χ3n) is 2.72. The number of ether oxygens (including phenoxy) is 1. The molecule has 0 fully saturated rings. The molecule has 1 unspecified atom stereocenters. The lowest BCUT2D eigenvalue weighted by molar-refractivity contribution is -0.144. The van der Waals surface area contributed by atoms with E-state index in [0.717, 1.165) is 4.88 Å². The fourth-order valence-electron chi connectivity index (χ4n) is 1.86. The van der Waals surface area contributed by atoms with Gasteiger partial charge in [-0.25, -0.2) is 4.68 Å². The maximum Gasteiger partial charge on any atom is 0.327 e. The minimum absolute atomic E-state index is 0.0116. The van der Waals surface area contributed by atoms with Gasteiger partial charge in [-0.15, -0.1) is 16.4 Å². The van der Waals surface area contributed by atoms with Crippen LogP contribution in [0.15, 0.2) is 17.5 Å². The second-order valence-electron chi connectivity index (χ2n) is 4.19. The first kappa shape index (κ1) is 15.5. The van der Waals surface area contributed by atoms with Crippen molar-refractivity contribution in [3.8, 4) is 0 Å². The van der Waals surface area contributed by atoms with E-state index in [9.17, 15) is 4.79 Å². The summed E-state index contributed by atoms with van der Waals surface area (Å²) in [7, 11) is 0. The van der Waals surface area contributed by atoms with Crippen LogP contribution in [0.25, 0.3) is 0 Å². The van der Waals surface area contributed by atoms with Crippen LogP contribution < -0.4 is 11.1 Å². The molecule has 3 N–H and O–H groups in total. The Hall–Kier alpha value is -1.84. The van der Waals surface area contributed by atoms with E-state index in [1.54, 1.807) is 18.3 Å². The molecular formula is C12H18N6O2S. The summed E-state index contributed by atoms with van der Waals surface area (Å²) in [6.07, 6.45) is 0. The van der Waals surface area contributed by atoms with E-state index >= 15 is 0 Å². The number of aromatic nitrogens is 4. The number of nitrogens with zero attached hydrogens (tertiary/aromatic N) is 4. The number of carbonyl (C=O) groups excluding carboxylic acids is 1. The van der Waals surface area contributed by atoms with Gasteiger partial charge in [-0.05, 0) is 28.8 Å². The highest BCUT2D eigenvalue weighted by atomic mass is 32.1. The third kappa shape index (κ3) is 4.06. The van der Waals surface area contributed by atoms with Crippen molar-refractivity contribution < 1.29 is 9.53 Å². The molecule has 9 heteroatoms. The third-order valence-corrected chi connectivity index (χ3v) is 3.66. The molecule has 0 spiro atoms. The van der Waals surface area contributed by atoms with Crippen molar-refractivity contribution >= 4 is 17.3 Å².